The highest BCUT2D eigenvalue weighted by Gasteiger charge is 2.04. The third-order valence-electron chi connectivity index (χ3n) is 2.66. The van der Waals surface area contributed by atoms with Gasteiger partial charge in [-0.2, -0.15) is 0 Å². The zero-order valence-electron chi connectivity index (χ0n) is 10.3. The quantitative estimate of drug-likeness (QED) is 0.916. The van der Waals surface area contributed by atoms with Gasteiger partial charge in [-0.15, -0.1) is 11.3 Å². The van der Waals surface area contributed by atoms with Gasteiger partial charge in [-0.3, -0.25) is 0 Å². The Kier molecular flexibility index (Phi) is 4.58. The number of hydrogen-bond donors (Lipinski definition) is 1. The van der Waals surface area contributed by atoms with Crippen molar-refractivity contribution in [2.24, 2.45) is 0 Å². The first-order valence-electron chi connectivity index (χ1n) is 5.76. The molecule has 0 radical (unpaired) electrons. The molecule has 18 heavy (non-hydrogen) atoms. The van der Waals surface area contributed by atoms with Crippen molar-refractivity contribution < 1.29 is 0 Å². The molecule has 1 aromatic heterocycles. The van der Waals surface area contributed by atoms with E-state index < -0.39 is 0 Å². The van der Waals surface area contributed by atoms with Crippen LogP contribution < -0.4 is 5.73 Å². The van der Waals surface area contributed by atoms with Crippen LogP contribution in [0.2, 0.25) is 5.02 Å². The van der Waals surface area contributed by atoms with Gasteiger partial charge in [0.1, 0.15) is 0 Å². The van der Waals surface area contributed by atoms with Gasteiger partial charge < -0.3 is 10.6 Å². The zero-order chi connectivity index (χ0) is 13.0. The maximum Gasteiger partial charge on any atom is 0.180 e. The van der Waals surface area contributed by atoms with Crippen LogP contribution in [0, 0.1) is 0 Å². The van der Waals surface area contributed by atoms with E-state index in [-0.39, 0.29) is 0 Å². The van der Waals surface area contributed by atoms with Crippen molar-refractivity contribution in [3.63, 3.8) is 0 Å². The molecule has 96 valence electrons. The predicted octanol–water partition coefficient (Wildman–Crippen LogP) is 3.05. The van der Waals surface area contributed by atoms with Crippen molar-refractivity contribution >= 4 is 28.1 Å². The minimum absolute atomic E-state index is 0.641. The van der Waals surface area contributed by atoms with Gasteiger partial charge >= 0.3 is 0 Å². The molecule has 0 aliphatic heterocycles. The predicted molar refractivity (Wildman–Crippen MR) is 78.0 cm³/mol. The lowest BCUT2D eigenvalue weighted by Gasteiger charge is -2.16. The average molecular weight is 282 g/mol. The van der Waals surface area contributed by atoms with Crippen LogP contribution in [-0.4, -0.2) is 23.5 Å². The van der Waals surface area contributed by atoms with Crippen LogP contribution in [-0.2, 0) is 13.0 Å². The highest BCUT2D eigenvalue weighted by atomic mass is 35.5. The van der Waals surface area contributed by atoms with Gasteiger partial charge in [0, 0.05) is 29.9 Å². The van der Waals surface area contributed by atoms with Crippen molar-refractivity contribution in [1.82, 2.24) is 9.88 Å². The van der Waals surface area contributed by atoms with Gasteiger partial charge in [0.25, 0.3) is 0 Å². The van der Waals surface area contributed by atoms with Crippen LogP contribution in [0.5, 0.6) is 0 Å². The lowest BCUT2D eigenvalue weighted by atomic mass is 10.2. The third-order valence-corrected chi connectivity index (χ3v) is 3.62. The van der Waals surface area contributed by atoms with E-state index in [1.165, 1.54) is 16.9 Å². The summed E-state index contributed by atoms with van der Waals surface area (Å²) < 4.78 is 0. The van der Waals surface area contributed by atoms with E-state index in [0.717, 1.165) is 30.2 Å². The highest BCUT2D eigenvalue weighted by molar-refractivity contribution is 7.13. The van der Waals surface area contributed by atoms with Crippen LogP contribution in [0.4, 0.5) is 5.13 Å². The first-order valence-corrected chi connectivity index (χ1v) is 7.02. The molecule has 2 N–H and O–H groups in total. The number of likely N-dealkylation sites (N-methyl/N-ethyl adjacent to an activating group) is 1. The van der Waals surface area contributed by atoms with Crippen molar-refractivity contribution in [2.75, 3.05) is 19.3 Å². The van der Waals surface area contributed by atoms with E-state index in [1.807, 2.05) is 23.6 Å². The van der Waals surface area contributed by atoms with E-state index in [0.29, 0.717) is 5.13 Å². The van der Waals surface area contributed by atoms with Crippen LogP contribution >= 0.6 is 22.9 Å². The molecule has 0 amide bonds. The lowest BCUT2D eigenvalue weighted by molar-refractivity contribution is 0.330. The van der Waals surface area contributed by atoms with Gasteiger partial charge in [-0.25, -0.2) is 4.98 Å². The van der Waals surface area contributed by atoms with Gasteiger partial charge in [-0.1, -0.05) is 23.7 Å². The van der Waals surface area contributed by atoms with Gasteiger partial charge in [-0.05, 0) is 24.7 Å². The molecule has 0 saturated heterocycles. The Balaban J connectivity index is 1.83. The van der Waals surface area contributed by atoms with Crippen molar-refractivity contribution in [3.8, 4) is 0 Å². The summed E-state index contributed by atoms with van der Waals surface area (Å²) in [6.45, 7) is 1.84. The molecular weight excluding hydrogens is 266 g/mol. The molecule has 0 unspecified atom stereocenters. The molecule has 2 rings (SSSR count). The summed E-state index contributed by atoms with van der Waals surface area (Å²) >= 11 is 7.46. The molecule has 1 aromatic carbocycles. The topological polar surface area (TPSA) is 42.1 Å². The average Bonchev–Trinajstić information content (AvgIpc) is 2.73. The maximum absolute atomic E-state index is 5.96. The monoisotopic (exact) mass is 281 g/mol. The number of aromatic nitrogens is 1. The normalized spacial score (nSPS) is 11.1. The largest absolute Gasteiger partial charge is 0.375 e. The van der Waals surface area contributed by atoms with Crippen LogP contribution in [0.25, 0.3) is 0 Å². The summed E-state index contributed by atoms with van der Waals surface area (Å²) in [5, 5.41) is 3.44. The molecule has 1 heterocycles. The fourth-order valence-corrected chi connectivity index (χ4v) is 2.58. The second-order valence-corrected chi connectivity index (χ2v) is 5.62. The Bertz CT molecular complexity index is 512. The molecule has 5 heteroatoms. The molecule has 2 aromatic rings. The Hall–Kier alpha value is -1.10. The zero-order valence-corrected chi connectivity index (χ0v) is 11.8. The number of rotatable bonds is 5. The van der Waals surface area contributed by atoms with Crippen molar-refractivity contribution in [1.29, 1.82) is 0 Å². The van der Waals surface area contributed by atoms with Crippen LogP contribution in [0.3, 0.4) is 0 Å². The van der Waals surface area contributed by atoms with Crippen LogP contribution in [0.15, 0.2) is 29.6 Å². The maximum atomic E-state index is 5.96. The Morgan fingerprint density at radius 1 is 1.44 bits per heavy atom. The first-order chi connectivity index (χ1) is 8.63. The number of halogens is 1. The van der Waals surface area contributed by atoms with Gasteiger partial charge in [0.05, 0.1) is 5.69 Å². The summed E-state index contributed by atoms with van der Waals surface area (Å²) in [4.78, 5) is 6.50. The fourth-order valence-electron chi connectivity index (χ4n) is 1.77. The number of hydrogen-bond acceptors (Lipinski definition) is 4. The number of thiazole rings is 1. The smallest absolute Gasteiger partial charge is 0.180 e. The van der Waals surface area contributed by atoms with Gasteiger partial charge in [0.2, 0.25) is 0 Å². The molecule has 0 fully saturated rings. The van der Waals surface area contributed by atoms with E-state index >= 15 is 0 Å². The van der Waals surface area contributed by atoms with E-state index in [4.69, 9.17) is 17.3 Å². The number of anilines is 1. The van der Waals surface area contributed by atoms with E-state index in [2.05, 4.69) is 23.0 Å². The highest BCUT2D eigenvalue weighted by Crippen LogP contribution is 2.14. The lowest BCUT2D eigenvalue weighted by Crippen LogP contribution is -2.20. The molecule has 0 saturated carbocycles. The Labute approximate surface area is 116 Å². The summed E-state index contributed by atoms with van der Waals surface area (Å²) in [5.74, 6) is 0. The van der Waals surface area contributed by atoms with Crippen LogP contribution in [0.1, 0.15) is 11.3 Å². The Morgan fingerprint density at radius 2 is 2.28 bits per heavy atom. The molecule has 3 nitrogen and oxygen atoms in total. The summed E-state index contributed by atoms with van der Waals surface area (Å²) in [6, 6.07) is 7.96. The van der Waals surface area contributed by atoms with Gasteiger partial charge in [0.15, 0.2) is 5.13 Å². The van der Waals surface area contributed by atoms with Crippen molar-refractivity contribution in [3.05, 3.63) is 45.9 Å². The second-order valence-electron chi connectivity index (χ2n) is 4.29. The third kappa shape index (κ3) is 3.98. The minimum atomic E-state index is 0.641. The first kappa shape index (κ1) is 13.3. The number of nitrogens with zero attached hydrogens (tertiary/aromatic N) is 2. The fraction of sp³-hybridized carbons (Fsp3) is 0.308. The standard InChI is InChI=1S/C13H16ClN3S/c1-17(6-5-12-9-18-13(15)16-12)8-10-3-2-4-11(14)7-10/h2-4,7,9H,5-6,8H2,1H3,(H2,15,16). The molecule has 0 spiro atoms. The Morgan fingerprint density at radius 3 is 2.94 bits per heavy atom. The SMILES string of the molecule is CN(CCc1csc(N)n1)Cc1cccc(Cl)c1. The summed E-state index contributed by atoms with van der Waals surface area (Å²) in [6.07, 6.45) is 0.921. The number of nitrogen functional groups attached to an aromatic ring is 1. The van der Waals surface area contributed by atoms with E-state index in [1.54, 1.807) is 0 Å². The van der Waals surface area contributed by atoms with E-state index in [9.17, 15) is 0 Å². The minimum Gasteiger partial charge on any atom is -0.375 e. The molecular formula is C13H16ClN3S. The summed E-state index contributed by atoms with van der Waals surface area (Å²) in [5.41, 5.74) is 7.89. The van der Waals surface area contributed by atoms with Crippen molar-refractivity contribution in [2.45, 2.75) is 13.0 Å². The summed E-state index contributed by atoms with van der Waals surface area (Å²) in [7, 11) is 2.09. The number of nitrogens with two attached hydrogens (primary N) is 1. The molecule has 0 atom stereocenters. The second kappa shape index (κ2) is 6.18. The molecule has 0 aliphatic rings. The molecule has 0 aliphatic carbocycles. The molecule has 0 bridgehead atoms. The number of benzene rings is 1.